The summed E-state index contributed by atoms with van der Waals surface area (Å²) < 4.78 is 1.43. The Labute approximate surface area is 95.1 Å². The minimum atomic E-state index is 1.10. The van der Waals surface area contributed by atoms with Gasteiger partial charge >= 0.3 is 0 Å². The topological polar surface area (TPSA) is 12.0 Å². The van der Waals surface area contributed by atoms with Crippen molar-refractivity contribution in [1.82, 2.24) is 5.32 Å². The van der Waals surface area contributed by atoms with Crippen LogP contribution in [0.25, 0.3) is 10.1 Å². The number of nitrogens with one attached hydrogen (secondary N) is 1. The summed E-state index contributed by atoms with van der Waals surface area (Å²) >= 11 is 1.85. The second-order valence-electron chi connectivity index (χ2n) is 3.92. The van der Waals surface area contributed by atoms with Crippen LogP contribution < -0.4 is 5.32 Å². The van der Waals surface area contributed by atoms with Gasteiger partial charge in [0.15, 0.2) is 0 Å². The van der Waals surface area contributed by atoms with Crippen molar-refractivity contribution in [3.8, 4) is 0 Å². The summed E-state index contributed by atoms with van der Waals surface area (Å²) in [5.74, 6) is 0. The Hall–Kier alpha value is -0.860. The van der Waals surface area contributed by atoms with Crippen molar-refractivity contribution in [1.29, 1.82) is 0 Å². The zero-order valence-corrected chi connectivity index (χ0v) is 10.2. The van der Waals surface area contributed by atoms with E-state index >= 15 is 0 Å². The minimum absolute atomic E-state index is 1.10. The van der Waals surface area contributed by atoms with Gasteiger partial charge in [0.2, 0.25) is 0 Å². The van der Waals surface area contributed by atoms with E-state index in [9.17, 15) is 0 Å². The number of hydrogen-bond donors (Lipinski definition) is 1. The SMILES string of the molecule is CNCCCc1cccc2scc(C)c12. The number of rotatable bonds is 4. The highest BCUT2D eigenvalue weighted by Gasteiger charge is 2.04. The Morgan fingerprint density at radius 2 is 2.20 bits per heavy atom. The second kappa shape index (κ2) is 4.77. The maximum atomic E-state index is 3.20. The van der Waals surface area contributed by atoms with Crippen molar-refractivity contribution in [2.24, 2.45) is 0 Å². The number of fused-ring (bicyclic) bond motifs is 1. The maximum Gasteiger partial charge on any atom is 0.0348 e. The van der Waals surface area contributed by atoms with E-state index in [0.717, 1.165) is 6.54 Å². The Bertz CT molecular complexity index is 445. The first kappa shape index (κ1) is 10.7. The lowest BCUT2D eigenvalue weighted by molar-refractivity contribution is 0.727. The summed E-state index contributed by atoms with van der Waals surface area (Å²) in [6, 6.07) is 6.65. The largest absolute Gasteiger partial charge is 0.320 e. The molecule has 1 heterocycles. The average molecular weight is 219 g/mol. The third-order valence-electron chi connectivity index (χ3n) is 2.74. The Kier molecular flexibility index (Phi) is 3.39. The van der Waals surface area contributed by atoms with Gasteiger partial charge in [-0.05, 0) is 61.3 Å². The van der Waals surface area contributed by atoms with Gasteiger partial charge < -0.3 is 5.32 Å². The highest BCUT2D eigenvalue weighted by atomic mass is 32.1. The number of aryl methyl sites for hydroxylation is 2. The van der Waals surface area contributed by atoms with E-state index < -0.39 is 0 Å². The van der Waals surface area contributed by atoms with E-state index in [-0.39, 0.29) is 0 Å². The Morgan fingerprint density at radius 3 is 3.00 bits per heavy atom. The van der Waals surface area contributed by atoms with Crippen molar-refractivity contribution in [2.75, 3.05) is 13.6 Å². The molecule has 2 rings (SSSR count). The van der Waals surface area contributed by atoms with Gasteiger partial charge in [-0.3, -0.25) is 0 Å². The van der Waals surface area contributed by atoms with E-state index in [0.29, 0.717) is 0 Å². The summed E-state index contributed by atoms with van der Waals surface area (Å²) in [5, 5.41) is 6.94. The van der Waals surface area contributed by atoms with Gasteiger partial charge in [-0.1, -0.05) is 12.1 Å². The second-order valence-corrected chi connectivity index (χ2v) is 4.83. The normalized spacial score (nSPS) is 11.1. The molecule has 80 valence electrons. The highest BCUT2D eigenvalue weighted by molar-refractivity contribution is 7.17. The molecule has 1 aromatic heterocycles. The van der Waals surface area contributed by atoms with E-state index in [1.54, 1.807) is 0 Å². The zero-order chi connectivity index (χ0) is 10.7. The molecule has 0 radical (unpaired) electrons. The summed E-state index contributed by atoms with van der Waals surface area (Å²) in [5.41, 5.74) is 2.93. The van der Waals surface area contributed by atoms with Crippen LogP contribution in [0.5, 0.6) is 0 Å². The zero-order valence-electron chi connectivity index (χ0n) is 9.34. The molecule has 0 spiro atoms. The van der Waals surface area contributed by atoms with E-state index in [1.807, 2.05) is 18.4 Å². The molecule has 0 aliphatic carbocycles. The molecule has 1 nitrogen and oxygen atoms in total. The van der Waals surface area contributed by atoms with Gasteiger partial charge in [0, 0.05) is 4.70 Å². The van der Waals surface area contributed by atoms with E-state index in [2.05, 4.69) is 35.8 Å². The molecular formula is C13H17NS. The van der Waals surface area contributed by atoms with Gasteiger partial charge in [0.05, 0.1) is 0 Å². The molecule has 15 heavy (non-hydrogen) atoms. The molecule has 0 fully saturated rings. The molecule has 1 aromatic carbocycles. The first-order chi connectivity index (χ1) is 7.33. The third kappa shape index (κ3) is 2.21. The molecule has 1 N–H and O–H groups in total. The molecule has 0 aliphatic heterocycles. The smallest absolute Gasteiger partial charge is 0.0348 e. The first-order valence-electron chi connectivity index (χ1n) is 5.43. The lowest BCUT2D eigenvalue weighted by Gasteiger charge is -2.04. The quantitative estimate of drug-likeness (QED) is 0.777. The number of benzene rings is 1. The number of hydrogen-bond acceptors (Lipinski definition) is 2. The van der Waals surface area contributed by atoms with Gasteiger partial charge in [-0.25, -0.2) is 0 Å². The number of thiophene rings is 1. The Morgan fingerprint density at radius 1 is 1.33 bits per heavy atom. The predicted molar refractivity (Wildman–Crippen MR) is 68.8 cm³/mol. The molecule has 0 saturated heterocycles. The molecule has 0 aliphatic rings. The van der Waals surface area contributed by atoms with Crippen LogP contribution in [-0.2, 0) is 6.42 Å². The average Bonchev–Trinajstić information content (AvgIpc) is 2.62. The van der Waals surface area contributed by atoms with Crippen LogP contribution >= 0.6 is 11.3 Å². The van der Waals surface area contributed by atoms with Crippen molar-refractivity contribution >= 4 is 21.4 Å². The first-order valence-corrected chi connectivity index (χ1v) is 6.31. The summed E-state index contributed by atoms with van der Waals surface area (Å²) in [6.07, 6.45) is 2.39. The van der Waals surface area contributed by atoms with Crippen LogP contribution in [0.2, 0.25) is 0 Å². The lowest BCUT2D eigenvalue weighted by Crippen LogP contribution is -2.08. The van der Waals surface area contributed by atoms with Crippen LogP contribution in [0.15, 0.2) is 23.6 Å². The standard InChI is InChI=1S/C13H17NS/c1-10-9-15-12-7-3-5-11(13(10)12)6-4-8-14-2/h3,5,7,9,14H,4,6,8H2,1-2H3. The Balaban J connectivity index is 2.29. The van der Waals surface area contributed by atoms with Crippen LogP contribution in [0.4, 0.5) is 0 Å². The molecule has 2 aromatic rings. The molecule has 0 atom stereocenters. The highest BCUT2D eigenvalue weighted by Crippen LogP contribution is 2.28. The van der Waals surface area contributed by atoms with E-state index in [1.165, 1.54) is 34.1 Å². The van der Waals surface area contributed by atoms with Gasteiger partial charge in [0.1, 0.15) is 0 Å². The van der Waals surface area contributed by atoms with Crippen LogP contribution in [0, 0.1) is 6.92 Å². The monoisotopic (exact) mass is 219 g/mol. The fraction of sp³-hybridized carbons (Fsp3) is 0.385. The van der Waals surface area contributed by atoms with Crippen LogP contribution in [0.1, 0.15) is 17.5 Å². The third-order valence-corrected chi connectivity index (χ3v) is 3.81. The van der Waals surface area contributed by atoms with Crippen molar-refractivity contribution in [3.63, 3.8) is 0 Å². The summed E-state index contributed by atoms with van der Waals surface area (Å²) in [7, 11) is 2.01. The van der Waals surface area contributed by atoms with Gasteiger partial charge in [-0.2, -0.15) is 0 Å². The predicted octanol–water partition coefficient (Wildman–Crippen LogP) is 3.36. The summed E-state index contributed by atoms with van der Waals surface area (Å²) in [4.78, 5) is 0. The van der Waals surface area contributed by atoms with Crippen molar-refractivity contribution in [2.45, 2.75) is 19.8 Å². The fourth-order valence-electron chi connectivity index (χ4n) is 2.00. The molecule has 0 saturated carbocycles. The maximum absolute atomic E-state index is 3.20. The van der Waals surface area contributed by atoms with Crippen LogP contribution in [-0.4, -0.2) is 13.6 Å². The molecular weight excluding hydrogens is 202 g/mol. The molecule has 2 heteroatoms. The summed E-state index contributed by atoms with van der Waals surface area (Å²) in [6.45, 7) is 3.31. The fourth-order valence-corrected chi connectivity index (χ4v) is 2.99. The minimum Gasteiger partial charge on any atom is -0.320 e. The van der Waals surface area contributed by atoms with Crippen molar-refractivity contribution < 1.29 is 0 Å². The molecule has 0 amide bonds. The van der Waals surface area contributed by atoms with Gasteiger partial charge in [0.25, 0.3) is 0 Å². The van der Waals surface area contributed by atoms with E-state index in [4.69, 9.17) is 0 Å². The van der Waals surface area contributed by atoms with Crippen molar-refractivity contribution in [3.05, 3.63) is 34.7 Å². The van der Waals surface area contributed by atoms with Gasteiger partial charge in [-0.15, -0.1) is 11.3 Å². The molecule has 0 bridgehead atoms. The van der Waals surface area contributed by atoms with Crippen LogP contribution in [0.3, 0.4) is 0 Å². The lowest BCUT2D eigenvalue weighted by atomic mass is 10.0. The molecule has 0 unspecified atom stereocenters.